The Labute approximate surface area is 219 Å². The van der Waals surface area contributed by atoms with Crippen molar-refractivity contribution in [2.75, 3.05) is 19.7 Å². The lowest BCUT2D eigenvalue weighted by Crippen LogP contribution is -2.68. The largest absolute Gasteiger partial charge is 0.484 e. The number of β-amino-alcohol motifs (C(OH)–C–C–N with tert-alkyl or cyclic N) is 1. The molecule has 192 valence electrons. The lowest BCUT2D eigenvalue weighted by Gasteiger charge is -2.59. The molecule has 6 nitrogen and oxygen atoms in total. The van der Waals surface area contributed by atoms with Crippen molar-refractivity contribution >= 4 is 35.0 Å². The van der Waals surface area contributed by atoms with Crippen molar-refractivity contribution in [1.29, 1.82) is 0 Å². The van der Waals surface area contributed by atoms with Crippen LogP contribution in [0.1, 0.15) is 44.6 Å². The highest BCUT2D eigenvalue weighted by Crippen LogP contribution is 2.57. The molecule has 2 aromatic carbocycles. The minimum atomic E-state index is -1.05. The fourth-order valence-corrected chi connectivity index (χ4v) is 6.53. The maximum absolute atomic E-state index is 13.6. The van der Waals surface area contributed by atoms with Gasteiger partial charge < -0.3 is 20.1 Å². The normalized spacial score (nSPS) is 28.4. The summed E-state index contributed by atoms with van der Waals surface area (Å²) in [5.74, 6) is -0.446. The van der Waals surface area contributed by atoms with E-state index in [0.717, 1.165) is 11.6 Å². The molecular formula is C27H29Cl2FN2O4. The summed E-state index contributed by atoms with van der Waals surface area (Å²) in [6.45, 7) is 2.40. The number of hydrogen-bond acceptors (Lipinski definition) is 4. The van der Waals surface area contributed by atoms with Crippen LogP contribution in [-0.2, 0) is 15.2 Å². The molecule has 1 atom stereocenters. The van der Waals surface area contributed by atoms with Crippen LogP contribution < -0.4 is 10.1 Å². The van der Waals surface area contributed by atoms with Gasteiger partial charge in [-0.15, -0.1) is 0 Å². The highest BCUT2D eigenvalue weighted by molar-refractivity contribution is 6.30. The van der Waals surface area contributed by atoms with Gasteiger partial charge in [0.1, 0.15) is 17.2 Å². The van der Waals surface area contributed by atoms with Crippen LogP contribution in [0.2, 0.25) is 10.0 Å². The summed E-state index contributed by atoms with van der Waals surface area (Å²) in [5.41, 5.74) is -1.12. The van der Waals surface area contributed by atoms with Crippen LogP contribution in [0, 0.1) is 17.2 Å². The van der Waals surface area contributed by atoms with E-state index in [0.29, 0.717) is 37.1 Å². The highest BCUT2D eigenvalue weighted by Gasteiger charge is 2.60. The number of amides is 2. The Morgan fingerprint density at radius 2 is 1.78 bits per heavy atom. The predicted molar refractivity (Wildman–Crippen MR) is 134 cm³/mol. The number of hydrogen-bond donors (Lipinski definition) is 2. The summed E-state index contributed by atoms with van der Waals surface area (Å²) in [7, 11) is 0. The summed E-state index contributed by atoms with van der Waals surface area (Å²) in [6, 6.07) is 11.2. The maximum atomic E-state index is 13.6. The van der Waals surface area contributed by atoms with Gasteiger partial charge in [-0.2, -0.15) is 0 Å². The van der Waals surface area contributed by atoms with Crippen molar-refractivity contribution < 1.29 is 23.8 Å². The highest BCUT2D eigenvalue weighted by atomic mass is 35.5. The second-order valence-electron chi connectivity index (χ2n) is 10.7. The number of likely N-dealkylation sites (tertiary alicyclic amines) is 1. The second kappa shape index (κ2) is 9.19. The molecule has 0 radical (unpaired) electrons. The van der Waals surface area contributed by atoms with Crippen molar-refractivity contribution in [3.63, 3.8) is 0 Å². The number of fused-ring (bicyclic) bond motifs is 3. The van der Waals surface area contributed by atoms with Gasteiger partial charge in [-0.05, 0) is 67.9 Å². The molecule has 1 heterocycles. The Balaban J connectivity index is 1.17. The van der Waals surface area contributed by atoms with Crippen LogP contribution in [0.4, 0.5) is 4.39 Å². The van der Waals surface area contributed by atoms with E-state index in [1.165, 1.54) is 12.1 Å². The average molecular weight is 535 g/mol. The Kier molecular flexibility index (Phi) is 6.46. The van der Waals surface area contributed by atoms with Gasteiger partial charge in [0.2, 0.25) is 5.91 Å². The van der Waals surface area contributed by atoms with E-state index >= 15 is 0 Å². The van der Waals surface area contributed by atoms with Crippen LogP contribution in [-0.4, -0.2) is 47.1 Å². The molecule has 3 aliphatic carbocycles. The van der Waals surface area contributed by atoms with Gasteiger partial charge in [-0.1, -0.05) is 42.3 Å². The van der Waals surface area contributed by atoms with Gasteiger partial charge >= 0.3 is 0 Å². The van der Waals surface area contributed by atoms with Crippen molar-refractivity contribution in [3.05, 3.63) is 63.9 Å². The number of nitrogens with zero attached hydrogens (tertiary/aromatic N) is 1. The molecule has 0 spiro atoms. The molecule has 4 aliphatic rings. The fourth-order valence-electron chi connectivity index (χ4n) is 6.29. The number of ether oxygens (including phenoxy) is 1. The SMILES string of the molecule is C[C@@H]1CC2(NC(=O)COc3ccc(Cl)c(F)c3)CCC1(C(=O)N1CC(O)(c3ccc(Cl)cc3)C1)CC2. The third-order valence-corrected chi connectivity index (χ3v) is 8.96. The van der Waals surface area contributed by atoms with Gasteiger partial charge in [0.15, 0.2) is 6.61 Å². The van der Waals surface area contributed by atoms with Gasteiger partial charge in [-0.3, -0.25) is 9.59 Å². The first-order valence-corrected chi connectivity index (χ1v) is 13.0. The smallest absolute Gasteiger partial charge is 0.258 e. The first-order chi connectivity index (χ1) is 17.0. The molecule has 1 saturated heterocycles. The summed E-state index contributed by atoms with van der Waals surface area (Å²) >= 11 is 11.6. The van der Waals surface area contributed by atoms with E-state index in [1.54, 1.807) is 29.2 Å². The van der Waals surface area contributed by atoms with E-state index in [4.69, 9.17) is 27.9 Å². The fraction of sp³-hybridized carbons (Fsp3) is 0.481. The Bertz CT molecular complexity index is 1170. The standard InChI is InChI=1S/C27H29Cl2FN2O4/c1-17-13-25(31-23(33)14-36-20-6-7-21(29)22(30)12-20)8-10-26(17,11-9-25)24(34)32-15-27(35,16-32)18-2-4-19(28)5-3-18/h2-7,12,17,35H,8-11,13-16H2,1H3,(H,31,33)/t17-,25?,26?/m1/s1. The van der Waals surface area contributed by atoms with Crippen LogP contribution in [0.3, 0.4) is 0 Å². The molecule has 2 bridgehead atoms. The number of halogens is 3. The molecule has 3 saturated carbocycles. The predicted octanol–water partition coefficient (Wildman–Crippen LogP) is 4.70. The number of rotatable bonds is 6. The minimum Gasteiger partial charge on any atom is -0.484 e. The van der Waals surface area contributed by atoms with E-state index < -0.39 is 16.8 Å². The molecule has 2 amide bonds. The average Bonchev–Trinajstić information content (AvgIpc) is 2.83. The first-order valence-electron chi connectivity index (χ1n) is 12.2. The monoisotopic (exact) mass is 534 g/mol. The Hall–Kier alpha value is -2.35. The van der Waals surface area contributed by atoms with Crippen molar-refractivity contribution in [2.24, 2.45) is 11.3 Å². The molecule has 2 N–H and O–H groups in total. The number of aliphatic hydroxyl groups is 1. The van der Waals surface area contributed by atoms with E-state index in [1.807, 2.05) is 0 Å². The molecular weight excluding hydrogens is 506 g/mol. The molecule has 36 heavy (non-hydrogen) atoms. The zero-order valence-corrected chi connectivity index (χ0v) is 21.5. The lowest BCUT2D eigenvalue weighted by molar-refractivity contribution is -0.179. The molecule has 1 aliphatic heterocycles. The summed E-state index contributed by atoms with van der Waals surface area (Å²) in [6.07, 6.45) is 3.49. The summed E-state index contributed by atoms with van der Waals surface area (Å²) < 4.78 is 19.1. The quantitative estimate of drug-likeness (QED) is 0.563. The Morgan fingerprint density at radius 3 is 2.39 bits per heavy atom. The zero-order chi connectivity index (χ0) is 25.7. The molecule has 0 aromatic heterocycles. The number of nitrogens with one attached hydrogen (secondary N) is 1. The van der Waals surface area contributed by atoms with Crippen molar-refractivity contribution in [1.82, 2.24) is 10.2 Å². The minimum absolute atomic E-state index is 0.00463. The maximum Gasteiger partial charge on any atom is 0.258 e. The lowest BCUT2D eigenvalue weighted by atomic mass is 9.51. The number of benzene rings is 2. The number of carbonyl (C=O) groups excluding carboxylic acids is 2. The van der Waals surface area contributed by atoms with Crippen molar-refractivity contribution in [2.45, 2.75) is 50.2 Å². The third-order valence-electron chi connectivity index (χ3n) is 8.40. The van der Waals surface area contributed by atoms with Gasteiger partial charge in [0.05, 0.1) is 23.5 Å². The van der Waals surface area contributed by atoms with Crippen molar-refractivity contribution in [3.8, 4) is 5.75 Å². The van der Waals surface area contributed by atoms with E-state index in [-0.39, 0.29) is 53.7 Å². The molecule has 9 heteroatoms. The van der Waals surface area contributed by atoms with Crippen LogP contribution in [0.25, 0.3) is 0 Å². The van der Waals surface area contributed by atoms with Crippen LogP contribution in [0.5, 0.6) is 5.75 Å². The Morgan fingerprint density at radius 1 is 1.11 bits per heavy atom. The molecule has 4 fully saturated rings. The van der Waals surface area contributed by atoms with Gasteiger partial charge in [-0.25, -0.2) is 4.39 Å². The van der Waals surface area contributed by atoms with E-state index in [9.17, 15) is 19.1 Å². The summed E-state index contributed by atoms with van der Waals surface area (Å²) in [5, 5.41) is 14.7. The zero-order valence-electron chi connectivity index (χ0n) is 20.0. The van der Waals surface area contributed by atoms with Gasteiger partial charge in [0, 0.05) is 16.6 Å². The molecule has 6 rings (SSSR count). The number of carbonyl (C=O) groups is 2. The third kappa shape index (κ3) is 4.46. The first kappa shape index (κ1) is 25.3. The summed E-state index contributed by atoms with van der Waals surface area (Å²) in [4.78, 5) is 28.1. The van der Waals surface area contributed by atoms with E-state index in [2.05, 4.69) is 12.2 Å². The van der Waals surface area contributed by atoms with Crippen LogP contribution in [0.15, 0.2) is 42.5 Å². The van der Waals surface area contributed by atoms with Gasteiger partial charge in [0.25, 0.3) is 5.91 Å². The molecule has 2 aromatic rings. The van der Waals surface area contributed by atoms with Crippen LogP contribution >= 0.6 is 23.2 Å². The topological polar surface area (TPSA) is 78.9 Å². The second-order valence-corrected chi connectivity index (χ2v) is 11.5. The molecule has 0 unspecified atom stereocenters.